The maximum absolute atomic E-state index is 13.6. The maximum Gasteiger partial charge on any atom is 0.303 e. The Bertz CT molecular complexity index is 1250. The predicted molar refractivity (Wildman–Crippen MR) is 127 cm³/mol. The van der Waals surface area contributed by atoms with Gasteiger partial charge in [0.25, 0.3) is 17.6 Å². The SMILES string of the molecule is C[C@]1(NC(=O)C(=O)c2c(Cl)c(C(=O)Nc3ccc(F)c(F)c3)c3n2CCC3)CC[C@H](CC(=O)O)CC1. The van der Waals surface area contributed by atoms with Gasteiger partial charge in [-0.05, 0) is 63.5 Å². The summed E-state index contributed by atoms with van der Waals surface area (Å²) in [5.74, 6) is -5.43. The first kappa shape index (κ1) is 25.8. The number of benzene rings is 1. The second-order valence-corrected chi connectivity index (χ2v) is 10.1. The Hall–Kier alpha value is -3.27. The lowest BCUT2D eigenvalue weighted by Gasteiger charge is -2.37. The summed E-state index contributed by atoms with van der Waals surface area (Å²) in [5, 5.41) is 14.1. The van der Waals surface area contributed by atoms with Gasteiger partial charge in [-0.25, -0.2) is 8.78 Å². The van der Waals surface area contributed by atoms with Gasteiger partial charge in [0.1, 0.15) is 5.69 Å². The van der Waals surface area contributed by atoms with Crippen molar-refractivity contribution in [2.24, 2.45) is 5.92 Å². The number of hydrogen-bond acceptors (Lipinski definition) is 4. The van der Waals surface area contributed by atoms with Crippen LogP contribution in [0.4, 0.5) is 14.5 Å². The number of nitrogens with one attached hydrogen (secondary N) is 2. The van der Waals surface area contributed by atoms with E-state index >= 15 is 0 Å². The summed E-state index contributed by atoms with van der Waals surface area (Å²) < 4.78 is 28.3. The van der Waals surface area contributed by atoms with Gasteiger partial charge < -0.3 is 20.3 Å². The van der Waals surface area contributed by atoms with E-state index < -0.39 is 40.7 Å². The van der Waals surface area contributed by atoms with E-state index in [0.717, 1.165) is 12.1 Å². The molecule has 0 saturated heterocycles. The lowest BCUT2D eigenvalue weighted by molar-refractivity contribution is -0.138. The molecule has 0 radical (unpaired) electrons. The molecule has 1 aliphatic carbocycles. The molecule has 36 heavy (non-hydrogen) atoms. The molecule has 11 heteroatoms. The van der Waals surface area contributed by atoms with Crippen LogP contribution in [0.2, 0.25) is 5.02 Å². The summed E-state index contributed by atoms with van der Waals surface area (Å²) in [5.41, 5.74) is -0.209. The molecular weight excluding hydrogens is 496 g/mol. The molecule has 2 aromatic rings. The van der Waals surface area contributed by atoms with Crippen LogP contribution in [0.5, 0.6) is 0 Å². The fourth-order valence-electron chi connectivity index (χ4n) is 5.09. The largest absolute Gasteiger partial charge is 0.481 e. The summed E-state index contributed by atoms with van der Waals surface area (Å²) in [6.45, 7) is 2.22. The lowest BCUT2D eigenvalue weighted by atomic mass is 9.76. The minimum absolute atomic E-state index is 0.0185. The Morgan fingerprint density at radius 2 is 1.86 bits per heavy atom. The summed E-state index contributed by atoms with van der Waals surface area (Å²) in [6, 6.07) is 2.92. The standard InChI is InChI=1S/C25H26ClF2N3O5/c1-25(8-6-13(7-9-25)11-18(32)33)30-24(36)22(34)21-20(26)19(17-3-2-10-31(17)21)23(35)29-14-4-5-15(27)16(28)12-14/h4-5,12-13H,2-3,6-11H2,1H3,(H,29,35)(H,30,36)(H,32,33)/t13-,25-. The minimum atomic E-state index is -1.13. The summed E-state index contributed by atoms with van der Waals surface area (Å²) in [7, 11) is 0. The highest BCUT2D eigenvalue weighted by molar-refractivity contribution is 6.48. The highest BCUT2D eigenvalue weighted by atomic mass is 35.5. The number of Topliss-reactive ketones (excluding diaryl/α,β-unsaturated/α-hetero) is 1. The number of carbonyl (C=O) groups is 4. The number of aliphatic carboxylic acids is 1. The van der Waals surface area contributed by atoms with Gasteiger partial charge in [0, 0.05) is 36.0 Å². The summed E-state index contributed by atoms with van der Waals surface area (Å²) >= 11 is 6.48. The highest BCUT2D eigenvalue weighted by Crippen LogP contribution is 2.36. The van der Waals surface area contributed by atoms with Crippen molar-refractivity contribution in [1.29, 1.82) is 0 Å². The van der Waals surface area contributed by atoms with Gasteiger partial charge in [0.15, 0.2) is 11.6 Å². The molecule has 1 aromatic heterocycles. The third kappa shape index (κ3) is 5.13. The number of hydrogen-bond donors (Lipinski definition) is 3. The molecule has 1 aliphatic heterocycles. The molecule has 3 N–H and O–H groups in total. The average Bonchev–Trinajstić information content (AvgIpc) is 3.36. The van der Waals surface area contributed by atoms with E-state index in [2.05, 4.69) is 10.6 Å². The van der Waals surface area contributed by atoms with E-state index in [1.165, 1.54) is 6.07 Å². The van der Waals surface area contributed by atoms with Crippen LogP contribution < -0.4 is 10.6 Å². The zero-order chi connectivity index (χ0) is 26.2. The number of halogens is 3. The first-order chi connectivity index (χ1) is 17.0. The van der Waals surface area contributed by atoms with Crippen molar-refractivity contribution < 1.29 is 33.1 Å². The molecule has 192 valence electrons. The molecule has 2 heterocycles. The first-order valence-electron chi connectivity index (χ1n) is 11.7. The molecule has 0 atom stereocenters. The van der Waals surface area contributed by atoms with Crippen molar-refractivity contribution in [3.05, 3.63) is 51.8 Å². The summed E-state index contributed by atoms with van der Waals surface area (Å²) in [6.07, 6.45) is 3.47. The molecule has 1 saturated carbocycles. The number of anilines is 1. The molecule has 8 nitrogen and oxygen atoms in total. The van der Waals surface area contributed by atoms with Crippen LogP contribution in [0.1, 0.15) is 72.0 Å². The van der Waals surface area contributed by atoms with Crippen LogP contribution in [0, 0.1) is 17.6 Å². The number of amides is 2. The number of fused-ring (bicyclic) bond motifs is 1. The van der Waals surface area contributed by atoms with E-state index in [1.807, 2.05) is 6.92 Å². The van der Waals surface area contributed by atoms with Gasteiger partial charge in [-0.15, -0.1) is 0 Å². The Morgan fingerprint density at radius 1 is 1.17 bits per heavy atom. The van der Waals surface area contributed by atoms with Crippen LogP contribution in [0.25, 0.3) is 0 Å². The third-order valence-corrected chi connectivity index (χ3v) is 7.39. The van der Waals surface area contributed by atoms with Crippen molar-refractivity contribution >= 4 is 40.9 Å². The molecular formula is C25H26ClF2N3O5. The zero-order valence-electron chi connectivity index (χ0n) is 19.6. The Balaban J connectivity index is 1.52. The number of carboxylic acids is 1. The average molecular weight is 522 g/mol. The lowest BCUT2D eigenvalue weighted by Crippen LogP contribution is -2.50. The molecule has 1 fully saturated rings. The topological polar surface area (TPSA) is 117 Å². The quantitative estimate of drug-likeness (QED) is 0.370. The first-order valence-corrected chi connectivity index (χ1v) is 12.1. The number of nitrogens with zero attached hydrogens (tertiary/aromatic N) is 1. The van der Waals surface area contributed by atoms with E-state index in [-0.39, 0.29) is 34.3 Å². The van der Waals surface area contributed by atoms with Gasteiger partial charge in [0.05, 0.1) is 10.6 Å². The molecule has 1 aromatic carbocycles. The fourth-order valence-corrected chi connectivity index (χ4v) is 5.48. The van der Waals surface area contributed by atoms with Gasteiger partial charge in [0.2, 0.25) is 0 Å². The molecule has 2 amide bonds. The number of rotatable bonds is 7. The molecule has 4 rings (SSSR count). The van der Waals surface area contributed by atoms with Crippen molar-refractivity contribution in [1.82, 2.24) is 9.88 Å². The molecule has 0 bridgehead atoms. The van der Waals surface area contributed by atoms with Crippen LogP contribution >= 0.6 is 11.6 Å². The van der Waals surface area contributed by atoms with Crippen LogP contribution in [-0.4, -0.2) is 38.8 Å². The number of carboxylic acid groups (broad SMARTS) is 1. The van der Waals surface area contributed by atoms with Crippen LogP contribution in [-0.2, 0) is 22.6 Å². The maximum atomic E-state index is 13.6. The smallest absolute Gasteiger partial charge is 0.303 e. The normalized spacial score (nSPS) is 21.1. The van der Waals surface area contributed by atoms with Crippen molar-refractivity contribution in [2.75, 3.05) is 5.32 Å². The monoisotopic (exact) mass is 521 g/mol. The summed E-state index contributed by atoms with van der Waals surface area (Å²) in [4.78, 5) is 50.1. The number of carbonyl (C=O) groups excluding carboxylic acids is 3. The zero-order valence-corrected chi connectivity index (χ0v) is 20.4. The van der Waals surface area contributed by atoms with Gasteiger partial charge in [-0.1, -0.05) is 11.6 Å². The second kappa shape index (κ2) is 10.0. The van der Waals surface area contributed by atoms with E-state index in [1.54, 1.807) is 4.57 Å². The van der Waals surface area contributed by atoms with E-state index in [0.29, 0.717) is 50.8 Å². The van der Waals surface area contributed by atoms with E-state index in [4.69, 9.17) is 16.7 Å². The Labute approximate surface area is 211 Å². The van der Waals surface area contributed by atoms with Gasteiger partial charge in [-0.2, -0.15) is 0 Å². The number of ketones is 1. The van der Waals surface area contributed by atoms with Gasteiger partial charge >= 0.3 is 5.97 Å². The number of aromatic nitrogens is 1. The van der Waals surface area contributed by atoms with Gasteiger partial charge in [-0.3, -0.25) is 19.2 Å². The minimum Gasteiger partial charge on any atom is -0.481 e. The highest BCUT2D eigenvalue weighted by Gasteiger charge is 2.38. The Kier molecular flexibility index (Phi) is 7.17. The molecule has 0 spiro atoms. The van der Waals surface area contributed by atoms with Crippen molar-refractivity contribution in [3.63, 3.8) is 0 Å². The molecule has 2 aliphatic rings. The van der Waals surface area contributed by atoms with Crippen molar-refractivity contribution in [3.8, 4) is 0 Å². The fraction of sp³-hybridized carbons (Fsp3) is 0.440. The predicted octanol–water partition coefficient (Wildman–Crippen LogP) is 4.34. The van der Waals surface area contributed by atoms with Crippen molar-refractivity contribution in [2.45, 2.75) is 64.0 Å². The van der Waals surface area contributed by atoms with E-state index in [9.17, 15) is 28.0 Å². The second-order valence-electron chi connectivity index (χ2n) is 9.71. The third-order valence-electron chi connectivity index (χ3n) is 7.02. The van der Waals surface area contributed by atoms with Crippen LogP contribution in [0.15, 0.2) is 18.2 Å². The Morgan fingerprint density at radius 3 is 2.50 bits per heavy atom. The molecule has 0 unspecified atom stereocenters. The van der Waals surface area contributed by atoms with Crippen LogP contribution in [0.3, 0.4) is 0 Å².